The molecule has 1 aliphatic heterocycles. The monoisotopic (exact) mass is 803 g/mol. The van der Waals surface area contributed by atoms with Gasteiger partial charge in [-0.15, -0.1) is 5.69 Å². The second-order valence-corrected chi connectivity index (χ2v) is 10.5. The van der Waals surface area contributed by atoms with Crippen LogP contribution in [0, 0.1) is 23.3 Å². The summed E-state index contributed by atoms with van der Waals surface area (Å²) in [5.41, 5.74) is 10.1. The molecule has 1 aliphatic rings. The number of benzene rings is 1. The number of anilines is 1. The van der Waals surface area contributed by atoms with Crippen LogP contribution in [0.25, 0.3) is 38.8 Å². The number of aliphatic imine (C=N–C) groups is 1. The molecule has 0 atom stereocenters. The molecule has 0 saturated heterocycles. The van der Waals surface area contributed by atoms with E-state index in [-0.39, 0.29) is 56.0 Å². The number of hydrogen-bond acceptors (Lipinski definition) is 7. The quantitative estimate of drug-likeness (QED) is 0.0295. The van der Waals surface area contributed by atoms with E-state index in [1.54, 1.807) is 24.8 Å². The van der Waals surface area contributed by atoms with E-state index < -0.39 is 34.5 Å². The molecule has 15 heteroatoms. The van der Waals surface area contributed by atoms with Gasteiger partial charge in [0.15, 0.2) is 23.3 Å². The molecule has 53 heavy (non-hydrogen) atoms. The minimum atomic E-state index is -1.56. The number of azide groups is 1. The molecule has 6 aromatic rings. The molecular weight excluding hydrogens is 774 g/mol. The Hall–Kier alpha value is -6.30. The van der Waals surface area contributed by atoms with E-state index in [1.807, 2.05) is 72.8 Å². The maximum atomic E-state index is 14.8. The van der Waals surface area contributed by atoms with Crippen molar-refractivity contribution in [3.63, 3.8) is 0 Å². The molecule has 7 rings (SSSR count). The summed E-state index contributed by atoms with van der Waals surface area (Å²) in [5, 5.41) is 5.57. The molecule has 0 fully saturated rings. The first-order chi connectivity index (χ1) is 25.5. The number of halogens is 4. The fourth-order valence-corrected chi connectivity index (χ4v) is 4.76. The zero-order chi connectivity index (χ0) is 36.5. The van der Waals surface area contributed by atoms with Crippen molar-refractivity contribution in [1.82, 2.24) is 24.9 Å². The normalized spacial score (nSPS) is 11.9. The fourth-order valence-electron chi connectivity index (χ4n) is 4.76. The van der Waals surface area contributed by atoms with Crippen molar-refractivity contribution in [3.05, 3.63) is 179 Å². The molecule has 0 amide bonds. The largest absolute Gasteiger partial charge is 1.00 e. The van der Waals surface area contributed by atoms with Crippen LogP contribution < -0.4 is 10.3 Å². The summed E-state index contributed by atoms with van der Waals surface area (Å²) in [6, 6.07) is 26.2. The zero-order valence-electron chi connectivity index (χ0n) is 27.7. The van der Waals surface area contributed by atoms with E-state index in [4.69, 9.17) is 5.53 Å². The molecule has 0 aliphatic carbocycles. The Morgan fingerprint density at radius 2 is 1.21 bits per heavy atom. The Bertz CT molecular complexity index is 1990. The van der Waals surface area contributed by atoms with Crippen LogP contribution >= 0.6 is 0 Å². The number of nitrogens with one attached hydrogen (secondary N) is 1. The molecule has 1 N–H and O–H groups in total. The number of hydrogen-bond donors (Lipinski definition) is 1. The van der Waals surface area contributed by atoms with Gasteiger partial charge in [0.1, 0.15) is 5.69 Å². The van der Waals surface area contributed by atoms with Crippen LogP contribution in [-0.4, -0.2) is 39.2 Å². The Balaban J connectivity index is 0.000000205. The second kappa shape index (κ2) is 20.5. The third-order valence-electron chi connectivity index (χ3n) is 7.12. The number of pyridine rings is 4. The summed E-state index contributed by atoms with van der Waals surface area (Å²) in [6.07, 6.45) is 13.1. The van der Waals surface area contributed by atoms with Gasteiger partial charge in [0.25, 0.3) is 0 Å². The van der Waals surface area contributed by atoms with Crippen LogP contribution in [0.15, 0.2) is 144 Å². The van der Waals surface area contributed by atoms with Gasteiger partial charge in [-0.2, -0.15) is 6.20 Å². The SMILES string of the molecule is [N-]=[N+]=NCCCNc1c(F)c(F)c(/C(=C2\C=CC=N2)c2ccc[n-]2)c(F)c1F.[Ru+].c1ccc(-c2ccccn2)nc1.c1ccc(-c2ccccn2)nc1. The minimum Gasteiger partial charge on any atom is -0.664 e. The van der Waals surface area contributed by atoms with Gasteiger partial charge >= 0.3 is 19.5 Å². The topological polar surface area (TPSA) is 139 Å². The molecule has 267 valence electrons. The molecule has 1 aromatic carbocycles. The first-order valence-electron chi connectivity index (χ1n) is 15.8. The maximum Gasteiger partial charge on any atom is 1.00 e. The summed E-state index contributed by atoms with van der Waals surface area (Å²) >= 11 is 0. The van der Waals surface area contributed by atoms with E-state index in [1.165, 1.54) is 36.7 Å². The summed E-state index contributed by atoms with van der Waals surface area (Å²) in [7, 11) is 0. The van der Waals surface area contributed by atoms with E-state index in [0.29, 0.717) is 0 Å². The van der Waals surface area contributed by atoms with Crippen molar-refractivity contribution in [3.8, 4) is 22.8 Å². The number of nitrogens with zero attached hydrogens (tertiary/aromatic N) is 9. The Morgan fingerprint density at radius 3 is 1.58 bits per heavy atom. The summed E-state index contributed by atoms with van der Waals surface area (Å²) in [4.78, 5) is 27.2. The van der Waals surface area contributed by atoms with E-state index in [9.17, 15) is 17.6 Å². The van der Waals surface area contributed by atoms with Crippen LogP contribution in [0.1, 0.15) is 17.7 Å². The second-order valence-electron chi connectivity index (χ2n) is 10.5. The van der Waals surface area contributed by atoms with Crippen molar-refractivity contribution in [2.75, 3.05) is 18.4 Å². The van der Waals surface area contributed by atoms with Gasteiger partial charge in [-0.25, -0.2) is 17.6 Å². The first kappa shape index (κ1) is 39.5. The molecular formula is C38H29F4N10Ru. The predicted octanol–water partition coefficient (Wildman–Crippen LogP) is 9.00. The van der Waals surface area contributed by atoms with Gasteiger partial charge in [0.2, 0.25) is 0 Å². The minimum absolute atomic E-state index is 0. The molecule has 0 bridgehead atoms. The molecule has 0 saturated carbocycles. The third kappa shape index (κ3) is 10.6. The van der Waals surface area contributed by atoms with Gasteiger partial charge in [0, 0.05) is 49.0 Å². The molecule has 5 aromatic heterocycles. The van der Waals surface area contributed by atoms with Crippen molar-refractivity contribution in [2.24, 2.45) is 10.1 Å². The van der Waals surface area contributed by atoms with Crippen molar-refractivity contribution >= 4 is 17.5 Å². The molecule has 0 spiro atoms. The third-order valence-corrected chi connectivity index (χ3v) is 7.12. The van der Waals surface area contributed by atoms with Crippen LogP contribution in [0.2, 0.25) is 0 Å². The molecule has 1 radical (unpaired) electrons. The van der Waals surface area contributed by atoms with E-state index >= 15 is 0 Å². The van der Waals surface area contributed by atoms with Crippen LogP contribution in [-0.2, 0) is 19.5 Å². The van der Waals surface area contributed by atoms with E-state index in [2.05, 4.69) is 45.3 Å². The van der Waals surface area contributed by atoms with Crippen molar-refractivity contribution in [1.29, 1.82) is 0 Å². The van der Waals surface area contributed by atoms with Gasteiger partial charge in [-0.1, -0.05) is 41.5 Å². The van der Waals surface area contributed by atoms with Crippen LogP contribution in [0.4, 0.5) is 23.2 Å². The van der Waals surface area contributed by atoms with Crippen molar-refractivity contribution in [2.45, 2.75) is 6.42 Å². The van der Waals surface area contributed by atoms with Gasteiger partial charge in [-0.3, -0.25) is 24.9 Å². The molecule has 10 nitrogen and oxygen atoms in total. The average Bonchev–Trinajstić information content (AvgIpc) is 3.95. The smallest absolute Gasteiger partial charge is 0.664 e. The molecule has 0 unspecified atom stereocenters. The predicted molar refractivity (Wildman–Crippen MR) is 192 cm³/mol. The fraction of sp³-hybridized carbons (Fsp3) is 0.0789. The van der Waals surface area contributed by atoms with Crippen molar-refractivity contribution < 1.29 is 37.0 Å². The zero-order valence-corrected chi connectivity index (χ0v) is 29.5. The van der Waals surface area contributed by atoms with E-state index in [0.717, 1.165) is 22.8 Å². The number of aromatic nitrogens is 5. The van der Waals surface area contributed by atoms with Gasteiger partial charge < -0.3 is 10.3 Å². The van der Waals surface area contributed by atoms with Gasteiger partial charge in [0.05, 0.1) is 34.0 Å². The first-order valence-corrected chi connectivity index (χ1v) is 15.8. The maximum absolute atomic E-state index is 14.8. The summed E-state index contributed by atoms with van der Waals surface area (Å²) in [6.45, 7) is 0.0233. The van der Waals surface area contributed by atoms with Gasteiger partial charge in [-0.05, 0) is 78.2 Å². The summed E-state index contributed by atoms with van der Waals surface area (Å²) < 4.78 is 58.7. The Labute approximate surface area is 314 Å². The van der Waals surface area contributed by atoms with Crippen LogP contribution in [0.5, 0.6) is 0 Å². The average molecular weight is 803 g/mol. The Kier molecular flexibility index (Phi) is 15.3. The standard InChI is InChI=1S/C18H13F4N6.2C10H8N2.Ru/c19-14-13(12(10-4-1-6-24-10)11-5-2-7-25-11)15(20)17(22)18(16(14)21)26-8-3-9-27-28-23;2*1-3-7-11-9(5-1)10-6-2-4-8-12-10;/h1-2,4-7,26H,3,8-9H2;2*1-8H;/q-1;;;+1/b12-10+;;;. The summed E-state index contributed by atoms with van der Waals surface area (Å²) in [5.74, 6) is -6.24. The number of allylic oxidation sites excluding steroid dienone is 2. The van der Waals surface area contributed by atoms with Crippen LogP contribution in [0.3, 0.4) is 0 Å². The Morgan fingerprint density at radius 1 is 0.698 bits per heavy atom. The molecule has 6 heterocycles. The number of rotatable bonds is 9.